The van der Waals surface area contributed by atoms with Crippen LogP contribution in [0, 0.1) is 0 Å². The molecule has 8 nitrogen and oxygen atoms in total. The number of rotatable bonds is 4. The van der Waals surface area contributed by atoms with Gasteiger partial charge in [-0.05, 0) is 31.0 Å². The second-order valence-electron chi connectivity index (χ2n) is 7.29. The first-order chi connectivity index (χ1) is 14.0. The van der Waals surface area contributed by atoms with E-state index in [4.69, 9.17) is 10.1 Å². The summed E-state index contributed by atoms with van der Waals surface area (Å²) in [7, 11) is -3.40. The van der Waals surface area contributed by atoms with E-state index < -0.39 is 9.84 Å². The number of fused-ring (bicyclic) bond motifs is 2. The number of hydrogen-bond donors (Lipinski definition) is 0. The van der Waals surface area contributed by atoms with E-state index in [9.17, 15) is 8.42 Å². The zero-order chi connectivity index (χ0) is 19.8. The van der Waals surface area contributed by atoms with E-state index in [1.54, 1.807) is 21.9 Å². The molecule has 0 aromatic carbocycles. The van der Waals surface area contributed by atoms with E-state index in [2.05, 4.69) is 4.98 Å². The molecule has 5 heterocycles. The SMILES string of the molecule is CS(=O)(=O)c1cnc2ccc(-c3c(-c4ccn(C5CC5)n4)nc4sccn34)cn12. The van der Waals surface area contributed by atoms with E-state index in [1.165, 1.54) is 12.5 Å². The summed E-state index contributed by atoms with van der Waals surface area (Å²) in [6, 6.07) is 6.25. The van der Waals surface area contributed by atoms with Crippen molar-refractivity contribution in [3.63, 3.8) is 0 Å². The van der Waals surface area contributed by atoms with Crippen LogP contribution < -0.4 is 0 Å². The van der Waals surface area contributed by atoms with E-state index in [0.717, 1.165) is 40.4 Å². The van der Waals surface area contributed by atoms with Crippen LogP contribution in [0.1, 0.15) is 18.9 Å². The number of sulfone groups is 1. The molecule has 5 aromatic heterocycles. The summed E-state index contributed by atoms with van der Waals surface area (Å²) >= 11 is 1.55. The van der Waals surface area contributed by atoms with Gasteiger partial charge in [-0.1, -0.05) is 0 Å². The van der Waals surface area contributed by atoms with Crippen molar-refractivity contribution in [2.24, 2.45) is 0 Å². The van der Waals surface area contributed by atoms with Crippen LogP contribution in [0.4, 0.5) is 0 Å². The Balaban J connectivity index is 1.59. The Morgan fingerprint density at radius 2 is 2.00 bits per heavy atom. The second-order valence-corrected chi connectivity index (χ2v) is 10.1. The maximum atomic E-state index is 12.1. The average Bonchev–Trinajstić information content (AvgIpc) is 3.08. The number of imidazole rings is 2. The molecule has 1 aliphatic rings. The minimum absolute atomic E-state index is 0.167. The van der Waals surface area contributed by atoms with Crippen LogP contribution in [0.25, 0.3) is 33.3 Å². The highest BCUT2D eigenvalue weighted by Gasteiger charge is 2.26. The Labute approximate surface area is 170 Å². The Kier molecular flexibility index (Phi) is 3.37. The number of thiazole rings is 1. The monoisotopic (exact) mass is 424 g/mol. The van der Waals surface area contributed by atoms with Crippen LogP contribution in [0.3, 0.4) is 0 Å². The van der Waals surface area contributed by atoms with Gasteiger partial charge in [0.1, 0.15) is 17.0 Å². The molecule has 0 atom stereocenters. The van der Waals surface area contributed by atoms with Gasteiger partial charge < -0.3 is 0 Å². The third-order valence-electron chi connectivity index (χ3n) is 5.16. The van der Waals surface area contributed by atoms with Gasteiger partial charge in [0.05, 0.1) is 17.9 Å². The normalized spacial score (nSPS) is 14.9. The largest absolute Gasteiger partial charge is 0.290 e. The fourth-order valence-electron chi connectivity index (χ4n) is 3.62. The third kappa shape index (κ3) is 2.63. The van der Waals surface area contributed by atoms with Crippen LogP contribution in [0.15, 0.2) is 53.4 Å². The Hall–Kier alpha value is -2.98. The fourth-order valence-corrected chi connectivity index (χ4v) is 5.08. The molecule has 1 saturated carbocycles. The van der Waals surface area contributed by atoms with Gasteiger partial charge in [-0.2, -0.15) is 5.10 Å². The van der Waals surface area contributed by atoms with E-state index in [1.807, 2.05) is 45.1 Å². The molecule has 146 valence electrons. The summed E-state index contributed by atoms with van der Waals surface area (Å²) in [5, 5.41) is 6.89. The van der Waals surface area contributed by atoms with Crippen molar-refractivity contribution in [3.05, 3.63) is 48.4 Å². The van der Waals surface area contributed by atoms with Crippen molar-refractivity contribution in [3.8, 4) is 22.6 Å². The molecule has 0 amide bonds. The standard InChI is InChI=1S/C19H16N6O2S2/c1-29(26,27)16-10-20-15-5-2-12(11-24(15)16)18-17(21-19-23(18)8-9-28-19)14-6-7-25(22-14)13-3-4-13/h2,5-11,13H,3-4H2,1H3. The summed E-state index contributed by atoms with van der Waals surface area (Å²) in [5.41, 5.74) is 3.92. The minimum atomic E-state index is -3.40. The molecule has 5 aromatic rings. The first kappa shape index (κ1) is 16.9. The van der Waals surface area contributed by atoms with Gasteiger partial charge in [-0.3, -0.25) is 13.5 Å². The van der Waals surface area contributed by atoms with Gasteiger partial charge in [-0.15, -0.1) is 11.3 Å². The predicted octanol–water partition coefficient (Wildman–Crippen LogP) is 3.31. The lowest BCUT2D eigenvalue weighted by Gasteiger charge is -2.06. The van der Waals surface area contributed by atoms with Gasteiger partial charge in [0.15, 0.2) is 19.8 Å². The average molecular weight is 425 g/mol. The summed E-state index contributed by atoms with van der Waals surface area (Å²) in [6.45, 7) is 0. The predicted molar refractivity (Wildman–Crippen MR) is 110 cm³/mol. The zero-order valence-corrected chi connectivity index (χ0v) is 17.1. The first-order valence-electron chi connectivity index (χ1n) is 9.18. The van der Waals surface area contributed by atoms with Crippen molar-refractivity contribution >= 4 is 31.8 Å². The zero-order valence-electron chi connectivity index (χ0n) is 15.4. The molecule has 1 aliphatic carbocycles. The number of nitrogens with zero attached hydrogens (tertiary/aromatic N) is 6. The maximum absolute atomic E-state index is 12.1. The highest BCUT2D eigenvalue weighted by molar-refractivity contribution is 7.90. The molecule has 0 bridgehead atoms. The molecule has 29 heavy (non-hydrogen) atoms. The molecular weight excluding hydrogens is 408 g/mol. The third-order valence-corrected chi connectivity index (χ3v) is 6.98. The van der Waals surface area contributed by atoms with Crippen LogP contribution in [0.2, 0.25) is 0 Å². The molecule has 0 radical (unpaired) electrons. The van der Waals surface area contributed by atoms with Crippen molar-refractivity contribution in [1.82, 2.24) is 28.5 Å². The summed E-state index contributed by atoms with van der Waals surface area (Å²) in [5.74, 6) is 0. The van der Waals surface area contributed by atoms with Gasteiger partial charge in [0.25, 0.3) is 0 Å². The Morgan fingerprint density at radius 1 is 1.14 bits per heavy atom. The van der Waals surface area contributed by atoms with Crippen molar-refractivity contribution < 1.29 is 8.42 Å². The fraction of sp³-hybridized carbons (Fsp3) is 0.211. The highest BCUT2D eigenvalue weighted by atomic mass is 32.2. The van der Waals surface area contributed by atoms with Crippen LogP contribution in [-0.2, 0) is 9.84 Å². The Morgan fingerprint density at radius 3 is 2.79 bits per heavy atom. The van der Waals surface area contributed by atoms with Crippen LogP contribution in [0.5, 0.6) is 0 Å². The molecule has 0 N–H and O–H groups in total. The van der Waals surface area contributed by atoms with E-state index in [-0.39, 0.29) is 5.03 Å². The summed E-state index contributed by atoms with van der Waals surface area (Å²) in [4.78, 5) is 9.90. The molecule has 0 aliphatic heterocycles. The van der Waals surface area contributed by atoms with Crippen molar-refractivity contribution in [2.75, 3.05) is 6.26 Å². The van der Waals surface area contributed by atoms with Crippen molar-refractivity contribution in [2.45, 2.75) is 23.9 Å². The highest BCUT2D eigenvalue weighted by Crippen LogP contribution is 2.37. The van der Waals surface area contributed by atoms with E-state index in [0.29, 0.717) is 11.7 Å². The molecule has 0 spiro atoms. The quantitative estimate of drug-likeness (QED) is 0.442. The first-order valence-corrected chi connectivity index (χ1v) is 11.9. The smallest absolute Gasteiger partial charge is 0.194 e. The molecule has 0 saturated heterocycles. The lowest BCUT2D eigenvalue weighted by atomic mass is 10.1. The van der Waals surface area contributed by atoms with Gasteiger partial charge in [-0.25, -0.2) is 18.4 Å². The summed E-state index contributed by atoms with van der Waals surface area (Å²) in [6.07, 6.45) is 10.7. The Bertz CT molecular complexity index is 1500. The summed E-state index contributed by atoms with van der Waals surface area (Å²) < 4.78 is 29.9. The number of aromatic nitrogens is 6. The van der Waals surface area contributed by atoms with E-state index >= 15 is 0 Å². The molecule has 0 unspecified atom stereocenters. The van der Waals surface area contributed by atoms with Gasteiger partial charge in [0.2, 0.25) is 0 Å². The minimum Gasteiger partial charge on any atom is -0.290 e. The lowest BCUT2D eigenvalue weighted by Crippen LogP contribution is -2.02. The molecular formula is C19H16N6O2S2. The topological polar surface area (TPSA) is 86.6 Å². The molecule has 1 fully saturated rings. The van der Waals surface area contributed by atoms with Crippen molar-refractivity contribution in [1.29, 1.82) is 0 Å². The van der Waals surface area contributed by atoms with Gasteiger partial charge in [0, 0.05) is 35.8 Å². The molecule has 10 heteroatoms. The second kappa shape index (κ2) is 5.77. The molecule has 6 rings (SSSR count). The lowest BCUT2D eigenvalue weighted by molar-refractivity contribution is 0.597. The number of pyridine rings is 1. The number of hydrogen-bond acceptors (Lipinski definition) is 6. The maximum Gasteiger partial charge on any atom is 0.194 e. The van der Waals surface area contributed by atoms with Gasteiger partial charge >= 0.3 is 0 Å². The van der Waals surface area contributed by atoms with Crippen LogP contribution in [-0.4, -0.2) is 43.2 Å². The van der Waals surface area contributed by atoms with Crippen LogP contribution >= 0.6 is 11.3 Å².